The molecular weight excluding hydrogens is 827 g/mol. The molecule has 4 aliphatic heterocycles. The van der Waals surface area contributed by atoms with Gasteiger partial charge in [0.15, 0.2) is 0 Å². The zero-order valence-corrected chi connectivity index (χ0v) is 38.9. The number of rotatable bonds is 13. The van der Waals surface area contributed by atoms with Crippen molar-refractivity contribution in [3.63, 3.8) is 0 Å². The van der Waals surface area contributed by atoms with Gasteiger partial charge >= 0.3 is 12.2 Å². The predicted molar refractivity (Wildman–Crippen MR) is 249 cm³/mol. The number of amides is 6. The Bertz CT molecular complexity index is 2110. The summed E-state index contributed by atoms with van der Waals surface area (Å²) in [6.45, 7) is 12.8. The molecule has 0 radical (unpaired) electrons. The maximum atomic E-state index is 13.7. The summed E-state index contributed by atoms with van der Waals surface area (Å²) >= 11 is 0. The lowest BCUT2D eigenvalue weighted by Crippen LogP contribution is -2.54. The molecule has 65 heavy (non-hydrogen) atoms. The molecule has 348 valence electrons. The van der Waals surface area contributed by atoms with Crippen LogP contribution in [0.2, 0.25) is 0 Å². The molecule has 0 saturated carbocycles. The summed E-state index contributed by atoms with van der Waals surface area (Å²) in [4.78, 5) is 81.6. The fraction of sp³-hybridized carbons (Fsp3) is 0.520. The summed E-state index contributed by atoms with van der Waals surface area (Å²) in [7, 11) is 2.51. The van der Waals surface area contributed by atoms with Crippen LogP contribution in [-0.2, 0) is 28.7 Å². The highest BCUT2D eigenvalue weighted by Gasteiger charge is 2.43. The van der Waals surface area contributed by atoms with Crippen molar-refractivity contribution < 1.29 is 38.2 Å². The molecule has 4 aliphatic rings. The highest BCUT2D eigenvalue weighted by Crippen LogP contribution is 2.53. The molecule has 6 amide bonds. The Morgan fingerprint density at radius 2 is 0.969 bits per heavy atom. The molecule has 3 saturated heterocycles. The Morgan fingerprint density at radius 3 is 1.31 bits per heavy atom. The number of ether oxygens (including phenoxy) is 2. The number of methoxy groups -OCH3 is 2. The Kier molecular flexibility index (Phi) is 14.5. The van der Waals surface area contributed by atoms with Gasteiger partial charge in [-0.1, -0.05) is 77.9 Å². The molecule has 15 heteroatoms. The molecule has 3 aromatic rings. The largest absolute Gasteiger partial charge is 0.453 e. The second-order valence-electron chi connectivity index (χ2n) is 19.0. The Labute approximate surface area is 382 Å². The lowest BCUT2D eigenvalue weighted by molar-refractivity contribution is -0.139. The van der Waals surface area contributed by atoms with Crippen molar-refractivity contribution in [2.45, 2.75) is 116 Å². The lowest BCUT2D eigenvalue weighted by Gasteiger charge is -2.32. The maximum absolute atomic E-state index is 13.7. The van der Waals surface area contributed by atoms with Crippen LogP contribution in [0.3, 0.4) is 0 Å². The van der Waals surface area contributed by atoms with Crippen molar-refractivity contribution in [3.8, 4) is 22.3 Å². The van der Waals surface area contributed by atoms with Gasteiger partial charge in [-0.05, 0) is 120 Å². The maximum Gasteiger partial charge on any atom is 0.407 e. The highest BCUT2D eigenvalue weighted by molar-refractivity contribution is 6.00. The Balaban J connectivity index is 1.08. The number of carbonyl (C=O) groups is 6. The number of nitrogens with one attached hydrogen (secondary N) is 5. The molecule has 0 aliphatic carbocycles. The van der Waals surface area contributed by atoms with Crippen molar-refractivity contribution in [1.29, 1.82) is 0 Å². The van der Waals surface area contributed by atoms with Crippen LogP contribution in [0, 0.1) is 23.7 Å². The van der Waals surface area contributed by atoms with Crippen LogP contribution in [-0.4, -0.2) is 97.1 Å². The molecule has 3 aromatic carbocycles. The van der Waals surface area contributed by atoms with Crippen molar-refractivity contribution in [2.24, 2.45) is 23.7 Å². The SMILES string of the molecule is COC(=O)NC(C(=O)N1CCCC1C(=O)Nc1ccc(-c2ccc(-c3ccc(NC(=O)C4CCCN4C(=O)C(NC(=O)OC)C(C)C)cc3)c3c2C2CC(C(C)C)CC3N2)cc1)C(C)C. The van der Waals surface area contributed by atoms with E-state index in [0.717, 1.165) is 35.1 Å². The standard InChI is InChI=1S/C50H65N7O8/c1-27(2)32-25-37-41-35(30-13-17-33(18-14-30)51-45(58)39-11-9-23-56(39)47(60)43(28(3)4)54-49(62)64-7)21-22-36(42(41)38(26-32)53-37)31-15-19-34(20-16-31)52-46(59)40-12-10-24-57(40)48(61)44(29(5)6)55-50(63)65-8/h13-22,27-29,32,37-40,43-44,53H,9-12,23-26H2,1-8H3,(H,51,58)(H,52,59)(H,54,62)(H,55,63). The third kappa shape index (κ3) is 10.00. The van der Waals surface area contributed by atoms with E-state index in [0.29, 0.717) is 62.0 Å². The van der Waals surface area contributed by atoms with E-state index < -0.39 is 36.4 Å². The number of carbonyl (C=O) groups excluding carboxylic acids is 6. The molecule has 6 atom stereocenters. The van der Waals surface area contributed by atoms with Gasteiger partial charge in [0.05, 0.1) is 14.2 Å². The van der Waals surface area contributed by atoms with Gasteiger partial charge in [-0.3, -0.25) is 19.2 Å². The summed E-state index contributed by atoms with van der Waals surface area (Å²) in [5.74, 6) is -0.436. The number of hydrogen-bond acceptors (Lipinski definition) is 9. The zero-order chi connectivity index (χ0) is 46.7. The Morgan fingerprint density at radius 1 is 0.585 bits per heavy atom. The third-order valence-corrected chi connectivity index (χ3v) is 13.8. The number of piperidine rings is 1. The van der Waals surface area contributed by atoms with E-state index in [2.05, 4.69) is 52.6 Å². The van der Waals surface area contributed by atoms with Crippen LogP contribution in [0.1, 0.15) is 103 Å². The number of likely N-dealkylation sites (tertiary alicyclic amines) is 2. The van der Waals surface area contributed by atoms with Gasteiger partial charge in [0.25, 0.3) is 0 Å². The van der Waals surface area contributed by atoms with E-state index in [-0.39, 0.29) is 47.5 Å². The molecule has 7 rings (SSSR count). The van der Waals surface area contributed by atoms with Gasteiger partial charge in [0, 0.05) is 36.5 Å². The first-order valence-corrected chi connectivity index (χ1v) is 23.1. The van der Waals surface area contributed by atoms with E-state index in [1.54, 1.807) is 9.80 Å². The molecular formula is C50H65N7O8. The molecule has 5 N–H and O–H groups in total. The number of anilines is 2. The smallest absolute Gasteiger partial charge is 0.407 e. The fourth-order valence-electron chi connectivity index (χ4n) is 10.2. The van der Waals surface area contributed by atoms with Gasteiger partial charge in [-0.15, -0.1) is 0 Å². The van der Waals surface area contributed by atoms with E-state index in [4.69, 9.17) is 9.47 Å². The molecule has 0 spiro atoms. The fourth-order valence-corrected chi connectivity index (χ4v) is 10.2. The summed E-state index contributed by atoms with van der Waals surface area (Å²) in [5, 5.41) is 15.3. The zero-order valence-electron chi connectivity index (χ0n) is 38.9. The third-order valence-electron chi connectivity index (χ3n) is 13.8. The van der Waals surface area contributed by atoms with Gasteiger partial charge in [0.2, 0.25) is 23.6 Å². The molecule has 15 nitrogen and oxygen atoms in total. The van der Waals surface area contributed by atoms with Crippen LogP contribution < -0.4 is 26.6 Å². The van der Waals surface area contributed by atoms with Crippen LogP contribution in [0.4, 0.5) is 21.0 Å². The van der Waals surface area contributed by atoms with Crippen molar-refractivity contribution in [1.82, 2.24) is 25.8 Å². The van der Waals surface area contributed by atoms with E-state index in [1.165, 1.54) is 25.3 Å². The van der Waals surface area contributed by atoms with E-state index >= 15 is 0 Å². The second-order valence-corrected chi connectivity index (χ2v) is 19.0. The normalized spacial score (nSPS) is 22.0. The van der Waals surface area contributed by atoms with Gasteiger partial charge in [-0.25, -0.2) is 9.59 Å². The minimum absolute atomic E-state index is 0.174. The number of alkyl carbamates (subject to hydrolysis) is 2. The van der Waals surface area contributed by atoms with Crippen LogP contribution in [0.5, 0.6) is 0 Å². The first-order chi connectivity index (χ1) is 31.1. The molecule has 6 unspecified atom stereocenters. The van der Waals surface area contributed by atoms with E-state index in [9.17, 15) is 28.8 Å². The van der Waals surface area contributed by atoms with E-state index in [1.807, 2.05) is 76.2 Å². The molecule has 0 aromatic heterocycles. The monoisotopic (exact) mass is 891 g/mol. The number of fused-ring (bicyclic) bond motifs is 5. The molecule has 3 fully saturated rings. The summed E-state index contributed by atoms with van der Waals surface area (Å²) in [6.07, 6.45) is 3.10. The quantitative estimate of drug-likeness (QED) is 0.117. The number of hydrogen-bond donors (Lipinski definition) is 5. The summed E-state index contributed by atoms with van der Waals surface area (Å²) < 4.78 is 9.49. The minimum atomic E-state index is -0.809. The predicted octanol–water partition coefficient (Wildman–Crippen LogP) is 7.39. The highest BCUT2D eigenvalue weighted by atomic mass is 16.5. The van der Waals surface area contributed by atoms with Gasteiger partial charge in [-0.2, -0.15) is 0 Å². The average molecular weight is 892 g/mol. The van der Waals surface area contributed by atoms with Gasteiger partial charge in [0.1, 0.15) is 24.2 Å². The lowest BCUT2D eigenvalue weighted by atomic mass is 9.82. The van der Waals surface area contributed by atoms with Crippen LogP contribution in [0.25, 0.3) is 22.3 Å². The van der Waals surface area contributed by atoms with Crippen LogP contribution >= 0.6 is 0 Å². The van der Waals surface area contributed by atoms with Crippen molar-refractivity contribution >= 4 is 47.2 Å². The topological polar surface area (TPSA) is 188 Å². The van der Waals surface area contributed by atoms with Crippen LogP contribution in [0.15, 0.2) is 60.7 Å². The first-order valence-electron chi connectivity index (χ1n) is 23.1. The summed E-state index contributed by atoms with van der Waals surface area (Å²) in [5.41, 5.74) is 8.18. The Hall–Kier alpha value is -5.96. The number of benzene rings is 3. The summed E-state index contributed by atoms with van der Waals surface area (Å²) in [6, 6.07) is 17.6. The average Bonchev–Trinajstić information content (AvgIpc) is 4.06. The minimum Gasteiger partial charge on any atom is -0.453 e. The first kappa shape index (κ1) is 47.0. The molecule has 4 heterocycles. The van der Waals surface area contributed by atoms with Crippen molar-refractivity contribution in [3.05, 3.63) is 71.8 Å². The van der Waals surface area contributed by atoms with Crippen molar-refractivity contribution in [2.75, 3.05) is 37.9 Å². The molecule has 2 bridgehead atoms. The number of nitrogens with zero attached hydrogens (tertiary/aromatic N) is 2. The van der Waals surface area contributed by atoms with Gasteiger partial charge < -0.3 is 45.9 Å². The second kappa shape index (κ2) is 20.1.